The molecule has 0 fully saturated rings. The molecular weight excluding hydrogens is 366 g/mol. The van der Waals surface area contributed by atoms with Crippen LogP contribution in [0.5, 0.6) is 0 Å². The first-order chi connectivity index (χ1) is 14.5. The Morgan fingerprint density at radius 3 is 1.70 bits per heavy atom. The van der Waals surface area contributed by atoms with E-state index in [4.69, 9.17) is 9.97 Å². The maximum absolute atomic E-state index is 4.84. The number of benzene rings is 2. The van der Waals surface area contributed by atoms with Crippen molar-refractivity contribution in [1.82, 2.24) is 15.0 Å². The maximum Gasteiger partial charge on any atom is 0.132 e. The Hall–Kier alpha value is -3.33. The van der Waals surface area contributed by atoms with Crippen LogP contribution >= 0.6 is 0 Å². The van der Waals surface area contributed by atoms with Gasteiger partial charge in [-0.15, -0.1) is 0 Å². The molecule has 3 heteroatoms. The Morgan fingerprint density at radius 1 is 0.567 bits per heavy atom. The molecule has 0 bridgehead atoms. The Morgan fingerprint density at radius 2 is 1.13 bits per heavy atom. The van der Waals surface area contributed by atoms with E-state index in [-0.39, 0.29) is 5.92 Å². The molecule has 0 spiro atoms. The zero-order valence-corrected chi connectivity index (χ0v) is 18.0. The molecule has 0 N–H and O–H groups in total. The largest absolute Gasteiger partial charge is 0.256 e. The number of hydrogen-bond donors (Lipinski definition) is 0. The summed E-state index contributed by atoms with van der Waals surface area (Å²) in [4.78, 5) is 14.2. The minimum Gasteiger partial charge on any atom is -0.256 e. The monoisotopic (exact) mass is 393 g/mol. The summed E-state index contributed by atoms with van der Waals surface area (Å²) in [6, 6.07) is 25.1. The molecule has 3 nitrogen and oxygen atoms in total. The highest BCUT2D eigenvalue weighted by atomic mass is 14.9. The second kappa shape index (κ2) is 8.58. The van der Waals surface area contributed by atoms with Crippen molar-refractivity contribution in [3.8, 4) is 33.8 Å². The Kier molecular flexibility index (Phi) is 5.71. The van der Waals surface area contributed by atoms with Crippen LogP contribution in [-0.4, -0.2) is 15.0 Å². The molecule has 150 valence electrons. The predicted octanol–water partition coefficient (Wildman–Crippen LogP) is 7.12. The maximum atomic E-state index is 4.84. The second-order valence-corrected chi connectivity index (χ2v) is 8.22. The smallest absolute Gasteiger partial charge is 0.132 e. The molecule has 0 saturated heterocycles. The van der Waals surface area contributed by atoms with Crippen LogP contribution < -0.4 is 0 Å². The summed E-state index contributed by atoms with van der Waals surface area (Å²) in [6.07, 6.45) is 1.89. The zero-order chi connectivity index (χ0) is 21.1. The molecule has 0 atom stereocenters. The third kappa shape index (κ3) is 4.30. The molecule has 0 radical (unpaired) electrons. The van der Waals surface area contributed by atoms with Crippen LogP contribution in [-0.2, 0) is 0 Å². The number of rotatable bonds is 5. The molecular formula is C27H27N3. The molecule has 0 amide bonds. The quantitative estimate of drug-likeness (QED) is 0.362. The third-order valence-electron chi connectivity index (χ3n) is 5.26. The first-order valence-electron chi connectivity index (χ1n) is 10.5. The van der Waals surface area contributed by atoms with Crippen molar-refractivity contribution >= 4 is 0 Å². The van der Waals surface area contributed by atoms with Crippen molar-refractivity contribution in [2.75, 3.05) is 0 Å². The summed E-state index contributed by atoms with van der Waals surface area (Å²) in [5, 5.41) is 0. The van der Waals surface area contributed by atoms with Gasteiger partial charge in [-0.1, -0.05) is 82.3 Å². The van der Waals surface area contributed by atoms with E-state index < -0.39 is 0 Å². The third-order valence-corrected chi connectivity index (χ3v) is 5.26. The first kappa shape index (κ1) is 20.0. The molecule has 0 saturated carbocycles. The molecule has 2 heterocycles. The molecule has 0 unspecified atom stereocenters. The second-order valence-electron chi connectivity index (χ2n) is 8.22. The van der Waals surface area contributed by atoms with Crippen LogP contribution in [0.25, 0.3) is 33.8 Å². The van der Waals surface area contributed by atoms with Gasteiger partial charge in [0.05, 0.1) is 17.1 Å². The minimum atomic E-state index is 0.259. The van der Waals surface area contributed by atoms with Gasteiger partial charge >= 0.3 is 0 Å². The number of hydrogen-bond acceptors (Lipinski definition) is 3. The number of nitrogens with zero attached hydrogens (tertiary/aromatic N) is 3. The van der Waals surface area contributed by atoms with Crippen molar-refractivity contribution in [2.45, 2.75) is 39.5 Å². The Labute approximate surface area is 178 Å². The highest BCUT2D eigenvalue weighted by molar-refractivity contribution is 5.70. The van der Waals surface area contributed by atoms with Crippen LogP contribution in [0, 0.1) is 0 Å². The zero-order valence-electron chi connectivity index (χ0n) is 18.0. The van der Waals surface area contributed by atoms with E-state index >= 15 is 0 Å². The molecule has 2 aromatic carbocycles. The summed E-state index contributed by atoms with van der Waals surface area (Å²) in [7, 11) is 0. The van der Waals surface area contributed by atoms with E-state index in [0.29, 0.717) is 5.92 Å². The van der Waals surface area contributed by atoms with Gasteiger partial charge < -0.3 is 0 Å². The highest BCUT2D eigenvalue weighted by Gasteiger charge is 2.12. The van der Waals surface area contributed by atoms with Crippen molar-refractivity contribution in [1.29, 1.82) is 0 Å². The predicted molar refractivity (Wildman–Crippen MR) is 124 cm³/mol. The minimum absolute atomic E-state index is 0.259. The van der Waals surface area contributed by atoms with E-state index in [1.54, 1.807) is 0 Å². The summed E-state index contributed by atoms with van der Waals surface area (Å²) in [5.74, 6) is 1.61. The Balaban J connectivity index is 1.72. The fourth-order valence-electron chi connectivity index (χ4n) is 3.40. The summed E-state index contributed by atoms with van der Waals surface area (Å²) in [5.41, 5.74) is 7.51. The molecule has 0 aliphatic heterocycles. The van der Waals surface area contributed by atoms with Gasteiger partial charge in [0.15, 0.2) is 0 Å². The SMILES string of the molecule is CC(C)c1ccnc(-c2ccc(-c3cc(-c4ccccc4)nc(C(C)C)n3)cc2)c1. The van der Waals surface area contributed by atoms with Crippen LogP contribution in [0.1, 0.15) is 50.9 Å². The lowest BCUT2D eigenvalue weighted by molar-refractivity contribution is 0.778. The van der Waals surface area contributed by atoms with Crippen LogP contribution in [0.2, 0.25) is 0 Å². The fraction of sp³-hybridized carbons (Fsp3) is 0.222. The van der Waals surface area contributed by atoms with Crippen LogP contribution in [0.15, 0.2) is 79.0 Å². The van der Waals surface area contributed by atoms with Gasteiger partial charge in [0.2, 0.25) is 0 Å². The van der Waals surface area contributed by atoms with Crippen LogP contribution in [0.3, 0.4) is 0 Å². The van der Waals surface area contributed by atoms with Gasteiger partial charge in [0.1, 0.15) is 5.82 Å². The summed E-state index contributed by atoms with van der Waals surface area (Å²) < 4.78 is 0. The van der Waals surface area contributed by atoms with E-state index in [1.165, 1.54) is 5.56 Å². The average Bonchev–Trinajstić information content (AvgIpc) is 2.79. The average molecular weight is 394 g/mol. The molecule has 0 aliphatic rings. The first-order valence-corrected chi connectivity index (χ1v) is 10.5. The lowest BCUT2D eigenvalue weighted by Crippen LogP contribution is -2.01. The lowest BCUT2D eigenvalue weighted by atomic mass is 10.0. The van der Waals surface area contributed by atoms with Gasteiger partial charge in [-0.3, -0.25) is 4.98 Å². The van der Waals surface area contributed by atoms with Crippen molar-refractivity contribution in [3.05, 3.63) is 90.4 Å². The lowest BCUT2D eigenvalue weighted by Gasteiger charge is -2.11. The van der Waals surface area contributed by atoms with E-state index in [1.807, 2.05) is 24.4 Å². The van der Waals surface area contributed by atoms with E-state index in [2.05, 4.69) is 87.3 Å². The van der Waals surface area contributed by atoms with Gasteiger partial charge in [0, 0.05) is 28.8 Å². The van der Waals surface area contributed by atoms with E-state index in [9.17, 15) is 0 Å². The molecule has 0 aliphatic carbocycles. The normalized spacial score (nSPS) is 11.3. The van der Waals surface area contributed by atoms with Gasteiger partial charge in [-0.25, -0.2) is 9.97 Å². The van der Waals surface area contributed by atoms with Gasteiger partial charge in [-0.05, 0) is 29.7 Å². The molecule has 4 aromatic rings. The van der Waals surface area contributed by atoms with Crippen molar-refractivity contribution in [3.63, 3.8) is 0 Å². The molecule has 30 heavy (non-hydrogen) atoms. The topological polar surface area (TPSA) is 38.7 Å². The fourth-order valence-corrected chi connectivity index (χ4v) is 3.40. The molecule has 4 rings (SSSR count). The van der Waals surface area contributed by atoms with Gasteiger partial charge in [0.25, 0.3) is 0 Å². The number of pyridine rings is 1. The van der Waals surface area contributed by atoms with Crippen molar-refractivity contribution < 1.29 is 0 Å². The summed E-state index contributed by atoms with van der Waals surface area (Å²) in [6.45, 7) is 8.66. The van der Waals surface area contributed by atoms with Crippen molar-refractivity contribution in [2.24, 2.45) is 0 Å². The number of aromatic nitrogens is 3. The highest BCUT2D eigenvalue weighted by Crippen LogP contribution is 2.28. The molecule has 2 aromatic heterocycles. The van der Waals surface area contributed by atoms with Crippen LogP contribution in [0.4, 0.5) is 0 Å². The van der Waals surface area contributed by atoms with E-state index in [0.717, 1.165) is 39.6 Å². The summed E-state index contributed by atoms with van der Waals surface area (Å²) >= 11 is 0. The Bertz CT molecular complexity index is 1130. The van der Waals surface area contributed by atoms with Gasteiger partial charge in [-0.2, -0.15) is 0 Å². The standard InChI is InChI=1S/C27H27N3/c1-18(2)23-14-15-28-24(16-23)21-10-12-22(13-11-21)26-17-25(20-8-6-5-7-9-20)29-27(30-26)19(3)4/h5-19H,1-4H3.